The Morgan fingerprint density at radius 3 is 2.53 bits per heavy atom. The molecule has 4 nitrogen and oxygen atoms in total. The van der Waals surface area contributed by atoms with Crippen LogP contribution in [0.4, 0.5) is 0 Å². The molecule has 0 atom stereocenters. The minimum Gasteiger partial charge on any atom is -0.497 e. The lowest BCUT2D eigenvalue weighted by Gasteiger charge is -2.32. The van der Waals surface area contributed by atoms with Crippen molar-refractivity contribution in [1.82, 2.24) is 9.47 Å². The largest absolute Gasteiger partial charge is 0.497 e. The molecule has 0 radical (unpaired) electrons. The van der Waals surface area contributed by atoms with Crippen molar-refractivity contribution in [3.63, 3.8) is 0 Å². The van der Waals surface area contributed by atoms with Crippen molar-refractivity contribution in [2.45, 2.75) is 78.2 Å². The Morgan fingerprint density at radius 2 is 1.83 bits per heavy atom. The summed E-state index contributed by atoms with van der Waals surface area (Å²) in [4.78, 5) is 15.4. The zero-order chi connectivity index (χ0) is 21.3. The van der Waals surface area contributed by atoms with Crippen molar-refractivity contribution in [2.24, 2.45) is 5.92 Å². The summed E-state index contributed by atoms with van der Waals surface area (Å²) in [6.07, 6.45) is 12.7. The van der Waals surface area contributed by atoms with E-state index in [0.717, 1.165) is 60.5 Å². The van der Waals surface area contributed by atoms with Gasteiger partial charge >= 0.3 is 0 Å². The minimum absolute atomic E-state index is 0.253. The number of rotatable bonds is 12. The number of fused-ring (bicyclic) bond motifs is 1. The monoisotopic (exact) mass is 412 g/mol. The Hall–Kier alpha value is -1.81. The van der Waals surface area contributed by atoms with Gasteiger partial charge in [-0.3, -0.25) is 4.79 Å². The normalized spacial score (nSPS) is 15.7. The summed E-state index contributed by atoms with van der Waals surface area (Å²) in [6.45, 7) is 9.03. The first-order chi connectivity index (χ1) is 14.7. The molecule has 30 heavy (non-hydrogen) atoms. The maximum Gasteiger partial charge on any atom is 0.165 e. The van der Waals surface area contributed by atoms with Gasteiger partial charge in [0.25, 0.3) is 0 Å². The van der Waals surface area contributed by atoms with E-state index in [0.29, 0.717) is 6.42 Å². The van der Waals surface area contributed by atoms with Gasteiger partial charge in [0, 0.05) is 35.6 Å². The molecule has 1 saturated heterocycles. The van der Waals surface area contributed by atoms with Crippen molar-refractivity contribution >= 4 is 16.7 Å². The van der Waals surface area contributed by atoms with Gasteiger partial charge in [-0.05, 0) is 69.4 Å². The van der Waals surface area contributed by atoms with E-state index in [-0.39, 0.29) is 5.78 Å². The van der Waals surface area contributed by atoms with E-state index in [1.807, 2.05) is 12.1 Å². The molecule has 1 aliphatic heterocycles. The van der Waals surface area contributed by atoms with Crippen molar-refractivity contribution in [2.75, 3.05) is 26.7 Å². The van der Waals surface area contributed by atoms with Crippen LogP contribution in [-0.2, 0) is 6.54 Å². The van der Waals surface area contributed by atoms with Gasteiger partial charge in [0.2, 0.25) is 0 Å². The average molecular weight is 413 g/mol. The second-order valence-corrected chi connectivity index (χ2v) is 8.93. The number of unbranched alkanes of at least 4 members (excludes halogenated alkanes) is 2. The fourth-order valence-corrected chi connectivity index (χ4v) is 4.74. The Labute approximate surface area is 182 Å². The van der Waals surface area contributed by atoms with Gasteiger partial charge in [-0.2, -0.15) is 0 Å². The third-order valence-electron chi connectivity index (χ3n) is 6.69. The molecule has 1 fully saturated rings. The number of hydrogen-bond donors (Lipinski definition) is 0. The summed E-state index contributed by atoms with van der Waals surface area (Å²) < 4.78 is 7.69. The maximum absolute atomic E-state index is 12.8. The SMILES string of the molecule is CCCCC(=O)c1cn(CCCN2CCC(CCCC)CC2)c2ccc(OC)cc12. The van der Waals surface area contributed by atoms with Crippen molar-refractivity contribution < 1.29 is 9.53 Å². The van der Waals surface area contributed by atoms with Gasteiger partial charge < -0.3 is 14.2 Å². The number of piperidine rings is 1. The number of ketones is 1. The Balaban J connectivity index is 1.61. The van der Waals surface area contributed by atoms with E-state index in [2.05, 4.69) is 35.6 Å². The summed E-state index contributed by atoms with van der Waals surface area (Å²) in [7, 11) is 1.68. The summed E-state index contributed by atoms with van der Waals surface area (Å²) >= 11 is 0. The van der Waals surface area contributed by atoms with Crippen LogP contribution in [0.15, 0.2) is 24.4 Å². The van der Waals surface area contributed by atoms with Gasteiger partial charge in [0.05, 0.1) is 7.11 Å². The van der Waals surface area contributed by atoms with E-state index in [1.165, 1.54) is 45.2 Å². The van der Waals surface area contributed by atoms with Gasteiger partial charge in [-0.25, -0.2) is 0 Å². The Kier molecular flexibility index (Phi) is 8.80. The molecule has 4 heteroatoms. The molecule has 0 amide bonds. The third kappa shape index (κ3) is 5.87. The van der Waals surface area contributed by atoms with Crippen molar-refractivity contribution in [3.8, 4) is 5.75 Å². The molecule has 0 bridgehead atoms. The number of likely N-dealkylation sites (tertiary alicyclic amines) is 1. The lowest BCUT2D eigenvalue weighted by atomic mass is 9.91. The molecule has 1 aromatic carbocycles. The first kappa shape index (κ1) is 22.9. The van der Waals surface area contributed by atoms with E-state index < -0.39 is 0 Å². The predicted octanol–water partition coefficient (Wildman–Crippen LogP) is 6.32. The van der Waals surface area contributed by atoms with Crippen LogP contribution >= 0.6 is 0 Å². The summed E-state index contributed by atoms with van der Waals surface area (Å²) in [5, 5.41) is 1.03. The lowest BCUT2D eigenvalue weighted by Crippen LogP contribution is -2.34. The van der Waals surface area contributed by atoms with E-state index in [4.69, 9.17) is 4.74 Å². The number of aromatic nitrogens is 1. The van der Waals surface area contributed by atoms with Crippen LogP contribution in [0, 0.1) is 5.92 Å². The Morgan fingerprint density at radius 1 is 1.07 bits per heavy atom. The zero-order valence-electron chi connectivity index (χ0n) is 19.3. The highest BCUT2D eigenvalue weighted by molar-refractivity contribution is 6.08. The van der Waals surface area contributed by atoms with Crippen LogP contribution < -0.4 is 4.74 Å². The molecule has 2 heterocycles. The Bertz CT molecular complexity index is 803. The zero-order valence-corrected chi connectivity index (χ0v) is 19.3. The molecule has 0 N–H and O–H groups in total. The minimum atomic E-state index is 0.253. The number of carbonyl (C=O) groups is 1. The lowest BCUT2D eigenvalue weighted by molar-refractivity contribution is 0.0981. The van der Waals surface area contributed by atoms with Gasteiger partial charge in [-0.1, -0.05) is 39.5 Å². The van der Waals surface area contributed by atoms with E-state index >= 15 is 0 Å². The predicted molar refractivity (Wildman–Crippen MR) is 126 cm³/mol. The number of methoxy groups -OCH3 is 1. The van der Waals surface area contributed by atoms with E-state index in [1.54, 1.807) is 7.11 Å². The van der Waals surface area contributed by atoms with Gasteiger partial charge in [0.1, 0.15) is 5.75 Å². The maximum atomic E-state index is 12.8. The topological polar surface area (TPSA) is 34.5 Å². The smallest absolute Gasteiger partial charge is 0.165 e. The molecule has 0 unspecified atom stereocenters. The average Bonchev–Trinajstić information content (AvgIpc) is 3.14. The van der Waals surface area contributed by atoms with Gasteiger partial charge in [-0.15, -0.1) is 0 Å². The molecule has 3 rings (SSSR count). The fourth-order valence-electron chi connectivity index (χ4n) is 4.74. The fraction of sp³-hybridized carbons (Fsp3) is 0.654. The molecular formula is C26H40N2O2. The number of Topliss-reactive ketones (excluding diaryl/α,β-unsaturated/α-hetero) is 1. The third-order valence-corrected chi connectivity index (χ3v) is 6.69. The molecule has 1 aliphatic rings. The molecule has 0 saturated carbocycles. The molecule has 166 valence electrons. The summed E-state index contributed by atoms with van der Waals surface area (Å²) in [6, 6.07) is 6.12. The highest BCUT2D eigenvalue weighted by Crippen LogP contribution is 2.28. The number of aryl methyl sites for hydroxylation is 1. The number of nitrogens with zero attached hydrogens (tertiary/aromatic N) is 2. The number of benzene rings is 1. The molecule has 2 aromatic rings. The first-order valence-electron chi connectivity index (χ1n) is 12.1. The van der Waals surface area contributed by atoms with Crippen LogP contribution in [0.25, 0.3) is 10.9 Å². The number of ether oxygens (including phenoxy) is 1. The summed E-state index contributed by atoms with van der Waals surface area (Å²) in [5.41, 5.74) is 2.00. The number of hydrogen-bond acceptors (Lipinski definition) is 3. The summed E-state index contributed by atoms with van der Waals surface area (Å²) in [5.74, 6) is 2.01. The van der Waals surface area contributed by atoms with Crippen LogP contribution in [0.3, 0.4) is 0 Å². The van der Waals surface area contributed by atoms with Crippen LogP contribution in [-0.4, -0.2) is 42.0 Å². The van der Waals surface area contributed by atoms with Crippen LogP contribution in [0.2, 0.25) is 0 Å². The second kappa shape index (κ2) is 11.5. The van der Waals surface area contributed by atoms with Crippen LogP contribution in [0.1, 0.15) is 82.0 Å². The molecular weight excluding hydrogens is 372 g/mol. The van der Waals surface area contributed by atoms with Crippen molar-refractivity contribution in [3.05, 3.63) is 30.0 Å². The molecule has 1 aromatic heterocycles. The first-order valence-corrected chi connectivity index (χ1v) is 12.1. The van der Waals surface area contributed by atoms with Gasteiger partial charge in [0.15, 0.2) is 5.78 Å². The molecule has 0 aliphatic carbocycles. The second-order valence-electron chi connectivity index (χ2n) is 8.93. The van der Waals surface area contributed by atoms with Crippen molar-refractivity contribution in [1.29, 1.82) is 0 Å². The van der Waals surface area contributed by atoms with E-state index in [9.17, 15) is 4.79 Å². The number of carbonyl (C=O) groups excluding carboxylic acids is 1. The van der Waals surface area contributed by atoms with Crippen LogP contribution in [0.5, 0.6) is 5.75 Å². The highest BCUT2D eigenvalue weighted by Gasteiger charge is 2.19. The molecule has 0 spiro atoms. The quantitative estimate of drug-likeness (QED) is 0.383. The highest BCUT2D eigenvalue weighted by atomic mass is 16.5. The standard InChI is InChI=1S/C26H40N2O2/c1-4-6-9-21-13-17-27(18-14-21)15-8-16-28-20-24(26(29)10-7-5-2)23-19-22(30-3)11-12-25(23)28/h11-12,19-21H,4-10,13-18H2,1-3H3.